The maximum Gasteiger partial charge on any atom is 0.254 e. The monoisotopic (exact) mass is 538 g/mol. The van der Waals surface area contributed by atoms with E-state index in [1.165, 1.54) is 28.0 Å². The van der Waals surface area contributed by atoms with Crippen molar-refractivity contribution in [1.82, 2.24) is 9.80 Å². The minimum absolute atomic E-state index is 0.121. The molecule has 2 aliphatic rings. The van der Waals surface area contributed by atoms with Gasteiger partial charge in [0.2, 0.25) is 5.91 Å². The number of amides is 2. The molecule has 0 saturated carbocycles. The Labute approximate surface area is 225 Å². The Morgan fingerprint density at radius 2 is 2.00 bits per heavy atom. The highest BCUT2D eigenvalue weighted by Crippen LogP contribution is 2.34. The van der Waals surface area contributed by atoms with E-state index in [9.17, 15) is 14.0 Å². The molecule has 3 heterocycles. The average molecular weight is 539 g/mol. The van der Waals surface area contributed by atoms with Gasteiger partial charge in [-0.3, -0.25) is 9.59 Å². The first-order valence-corrected chi connectivity index (χ1v) is 13.7. The molecule has 0 spiro atoms. The molecule has 5 rings (SSSR count). The van der Waals surface area contributed by atoms with Crippen LogP contribution in [0.5, 0.6) is 11.5 Å². The second kappa shape index (κ2) is 12.0. The molecule has 3 aromatic rings. The fraction of sp³-hybridized carbons (Fsp3) is 0.379. The van der Waals surface area contributed by atoms with Gasteiger partial charge in [0, 0.05) is 36.2 Å². The summed E-state index contributed by atoms with van der Waals surface area (Å²) in [5.41, 5.74) is 1.28. The predicted molar refractivity (Wildman–Crippen MR) is 142 cm³/mol. The topological polar surface area (TPSA) is 68.3 Å². The van der Waals surface area contributed by atoms with Gasteiger partial charge in [-0.1, -0.05) is 12.1 Å². The second-order valence-electron chi connectivity index (χ2n) is 9.47. The molecule has 2 aliphatic heterocycles. The molecule has 0 unspecified atom stereocenters. The minimum Gasteiger partial charge on any atom is -0.497 e. The summed E-state index contributed by atoms with van der Waals surface area (Å²) in [6, 6.07) is 14.7. The van der Waals surface area contributed by atoms with Crippen LogP contribution in [0.2, 0.25) is 0 Å². The first kappa shape index (κ1) is 26.2. The number of hydrogen-bond donors (Lipinski definition) is 0. The van der Waals surface area contributed by atoms with Crippen LogP contribution < -0.4 is 9.47 Å². The summed E-state index contributed by atoms with van der Waals surface area (Å²) in [6.45, 7) is 1.60. The molecule has 0 aliphatic carbocycles. The first-order valence-electron chi connectivity index (χ1n) is 12.8. The number of carbonyl (C=O) groups excluding carboxylic acids is 2. The lowest BCUT2D eigenvalue weighted by Gasteiger charge is -2.37. The van der Waals surface area contributed by atoms with Gasteiger partial charge in [-0.2, -0.15) is 0 Å². The number of benzene rings is 2. The summed E-state index contributed by atoms with van der Waals surface area (Å²) in [5.74, 6) is 0.293. The summed E-state index contributed by atoms with van der Waals surface area (Å²) in [6.07, 6.45) is 2.34. The van der Waals surface area contributed by atoms with Crippen LogP contribution in [0.4, 0.5) is 4.39 Å². The third-order valence-corrected chi connectivity index (χ3v) is 7.99. The Balaban J connectivity index is 1.35. The molecule has 2 amide bonds. The van der Waals surface area contributed by atoms with Crippen molar-refractivity contribution < 1.29 is 28.2 Å². The van der Waals surface area contributed by atoms with Gasteiger partial charge in [-0.05, 0) is 66.6 Å². The van der Waals surface area contributed by atoms with Crippen LogP contribution in [0.25, 0.3) is 0 Å². The van der Waals surface area contributed by atoms with Crippen molar-refractivity contribution in [3.63, 3.8) is 0 Å². The van der Waals surface area contributed by atoms with E-state index in [0.717, 1.165) is 24.8 Å². The van der Waals surface area contributed by atoms with Crippen molar-refractivity contribution in [2.75, 3.05) is 40.0 Å². The quantitative estimate of drug-likeness (QED) is 0.394. The summed E-state index contributed by atoms with van der Waals surface area (Å²) >= 11 is 1.68. The number of methoxy groups -OCH3 is 1. The Bertz CT molecular complexity index is 1280. The summed E-state index contributed by atoms with van der Waals surface area (Å²) < 4.78 is 31.1. The number of rotatable bonds is 9. The van der Waals surface area contributed by atoms with Gasteiger partial charge >= 0.3 is 0 Å². The van der Waals surface area contributed by atoms with Crippen molar-refractivity contribution in [2.24, 2.45) is 0 Å². The lowest BCUT2D eigenvalue weighted by molar-refractivity contribution is -0.135. The molecule has 0 N–H and O–H groups in total. The van der Waals surface area contributed by atoms with E-state index >= 15 is 0 Å². The van der Waals surface area contributed by atoms with E-state index in [4.69, 9.17) is 14.2 Å². The number of nitrogens with zero attached hydrogens (tertiary/aromatic N) is 2. The maximum absolute atomic E-state index is 13.9. The highest BCUT2D eigenvalue weighted by Gasteiger charge is 2.34. The van der Waals surface area contributed by atoms with E-state index in [-0.39, 0.29) is 49.2 Å². The molecule has 1 fully saturated rings. The molecular formula is C29H31FN2O5S. The Morgan fingerprint density at radius 3 is 2.79 bits per heavy atom. The SMILES string of the molecule is COc1cccc(OC[C@H]2c3ccsc3CCN2C(=O)CN(C[C@@H]2CCCO2)C(=O)c2cccc(F)c2)c1. The van der Waals surface area contributed by atoms with Crippen molar-refractivity contribution in [3.05, 3.63) is 81.8 Å². The maximum atomic E-state index is 13.9. The fourth-order valence-corrected chi connectivity index (χ4v) is 5.98. The molecule has 0 radical (unpaired) electrons. The molecule has 2 atom stereocenters. The van der Waals surface area contributed by atoms with E-state index in [2.05, 4.69) is 0 Å². The van der Waals surface area contributed by atoms with E-state index < -0.39 is 5.82 Å². The van der Waals surface area contributed by atoms with E-state index in [0.29, 0.717) is 24.7 Å². The number of fused-ring (bicyclic) bond motifs is 1. The number of thiophene rings is 1. The zero-order valence-electron chi connectivity index (χ0n) is 21.3. The van der Waals surface area contributed by atoms with Gasteiger partial charge in [0.05, 0.1) is 19.3 Å². The normalized spacial score (nSPS) is 18.6. The molecule has 9 heteroatoms. The molecule has 200 valence electrons. The average Bonchev–Trinajstić information content (AvgIpc) is 3.63. The lowest BCUT2D eigenvalue weighted by atomic mass is 10.00. The van der Waals surface area contributed by atoms with Gasteiger partial charge in [-0.25, -0.2) is 4.39 Å². The Kier molecular flexibility index (Phi) is 8.24. The van der Waals surface area contributed by atoms with E-state index in [1.54, 1.807) is 29.4 Å². The van der Waals surface area contributed by atoms with Crippen LogP contribution in [0.3, 0.4) is 0 Å². The van der Waals surface area contributed by atoms with Crippen LogP contribution in [-0.4, -0.2) is 67.7 Å². The lowest BCUT2D eigenvalue weighted by Crippen LogP contribution is -2.49. The van der Waals surface area contributed by atoms with Crippen LogP contribution in [0.15, 0.2) is 60.0 Å². The summed E-state index contributed by atoms with van der Waals surface area (Å²) in [4.78, 5) is 31.7. The van der Waals surface area contributed by atoms with Gasteiger partial charge in [0.15, 0.2) is 0 Å². The van der Waals surface area contributed by atoms with Gasteiger partial charge in [0.25, 0.3) is 5.91 Å². The highest BCUT2D eigenvalue weighted by molar-refractivity contribution is 7.10. The fourth-order valence-electron chi connectivity index (χ4n) is 5.05. The van der Waals surface area contributed by atoms with Crippen LogP contribution in [0, 0.1) is 5.82 Å². The predicted octanol–water partition coefficient (Wildman–Crippen LogP) is 4.72. The van der Waals surface area contributed by atoms with Gasteiger partial charge in [0.1, 0.15) is 30.5 Å². The number of carbonyl (C=O) groups is 2. The molecule has 1 saturated heterocycles. The zero-order chi connectivity index (χ0) is 26.5. The molecule has 38 heavy (non-hydrogen) atoms. The van der Waals surface area contributed by atoms with Crippen LogP contribution in [-0.2, 0) is 16.0 Å². The van der Waals surface area contributed by atoms with Gasteiger partial charge < -0.3 is 24.0 Å². The minimum atomic E-state index is -0.491. The molecule has 7 nitrogen and oxygen atoms in total. The Morgan fingerprint density at radius 1 is 1.16 bits per heavy atom. The van der Waals surface area contributed by atoms with Gasteiger partial charge in [-0.15, -0.1) is 11.3 Å². The summed E-state index contributed by atoms with van der Waals surface area (Å²) in [5, 5.41) is 2.04. The highest BCUT2D eigenvalue weighted by atomic mass is 32.1. The third-order valence-electron chi connectivity index (χ3n) is 7.00. The zero-order valence-corrected chi connectivity index (χ0v) is 22.1. The standard InChI is InChI=1S/C29H31FN2O5S/c1-35-22-7-3-8-23(16-22)37-19-26-25-11-14-38-27(25)10-12-32(26)28(33)18-31(17-24-9-4-13-36-24)29(34)20-5-2-6-21(30)15-20/h2-3,5-8,11,14-16,24,26H,4,9-10,12-13,17-19H2,1H3/t24-,26-/m0/s1. The first-order chi connectivity index (χ1) is 18.5. The van der Waals surface area contributed by atoms with Crippen LogP contribution in [0.1, 0.15) is 39.7 Å². The second-order valence-corrected chi connectivity index (χ2v) is 10.5. The molecule has 2 aromatic carbocycles. The number of halogens is 1. The third kappa shape index (κ3) is 6.00. The molecule has 1 aromatic heterocycles. The number of ether oxygens (including phenoxy) is 3. The molecular weight excluding hydrogens is 507 g/mol. The van der Waals surface area contributed by atoms with E-state index in [1.807, 2.05) is 35.7 Å². The summed E-state index contributed by atoms with van der Waals surface area (Å²) in [7, 11) is 1.60. The number of hydrogen-bond acceptors (Lipinski definition) is 6. The van der Waals surface area contributed by atoms with Crippen molar-refractivity contribution in [1.29, 1.82) is 0 Å². The smallest absolute Gasteiger partial charge is 0.254 e. The molecule has 0 bridgehead atoms. The largest absolute Gasteiger partial charge is 0.497 e. The Hall–Kier alpha value is -3.43. The van der Waals surface area contributed by atoms with Crippen molar-refractivity contribution in [3.8, 4) is 11.5 Å². The van der Waals surface area contributed by atoms with Crippen LogP contribution >= 0.6 is 11.3 Å². The van der Waals surface area contributed by atoms with Crippen molar-refractivity contribution in [2.45, 2.75) is 31.4 Å². The van der Waals surface area contributed by atoms with Crippen molar-refractivity contribution >= 4 is 23.2 Å².